The average Bonchev–Trinajstić information content (AvgIpc) is 3.10. The first-order chi connectivity index (χ1) is 11.7. The smallest absolute Gasteiger partial charge is 0.151 e. The summed E-state index contributed by atoms with van der Waals surface area (Å²) in [6, 6.07) is 0.466. The second-order valence-electron chi connectivity index (χ2n) is 6.14. The quantitative estimate of drug-likeness (QED) is 0.730. The Morgan fingerprint density at radius 2 is 2.08 bits per heavy atom. The summed E-state index contributed by atoms with van der Waals surface area (Å²) < 4.78 is 0. The number of hydrogen-bond donors (Lipinski definition) is 3. The molecule has 0 amide bonds. The van der Waals surface area contributed by atoms with Crippen LogP contribution < -0.4 is 11.1 Å². The second-order valence-corrected chi connectivity index (χ2v) is 6.14. The van der Waals surface area contributed by atoms with Crippen molar-refractivity contribution in [2.45, 2.75) is 52.0 Å². The summed E-state index contributed by atoms with van der Waals surface area (Å²) in [6.07, 6.45) is 10.5. The molecule has 126 valence electrons. The Morgan fingerprint density at radius 3 is 2.71 bits per heavy atom. The minimum Gasteiger partial charge on any atom is -0.382 e. The molecule has 2 aromatic heterocycles. The predicted octanol–water partition coefficient (Wildman–Crippen LogP) is 3.58. The van der Waals surface area contributed by atoms with Gasteiger partial charge in [-0.1, -0.05) is 25.8 Å². The Bertz CT molecular complexity index is 790. The topological polar surface area (TPSA) is 101 Å². The van der Waals surface area contributed by atoms with Gasteiger partial charge in [-0.3, -0.25) is 0 Å². The molecule has 6 heteroatoms. The molecule has 0 spiro atoms. The van der Waals surface area contributed by atoms with Gasteiger partial charge in [0.2, 0.25) is 0 Å². The number of pyridine rings is 1. The van der Waals surface area contributed by atoms with Gasteiger partial charge in [0.15, 0.2) is 5.82 Å². The van der Waals surface area contributed by atoms with Crippen molar-refractivity contribution in [3.8, 4) is 0 Å². The maximum absolute atomic E-state index is 7.62. The molecule has 1 aliphatic carbocycles. The summed E-state index contributed by atoms with van der Waals surface area (Å²) in [5, 5.41) is 11.2. The number of nitrogens with two attached hydrogens (primary N) is 1. The number of nitrogen functional groups attached to an aromatic ring is 1. The number of anilines is 2. The van der Waals surface area contributed by atoms with Crippen LogP contribution in [0.2, 0.25) is 0 Å². The first-order valence-electron chi connectivity index (χ1n) is 8.56. The number of nitrogens with one attached hydrogen (secondary N) is 2. The highest BCUT2D eigenvalue weighted by molar-refractivity contribution is 6.13. The fourth-order valence-electron chi connectivity index (χ4n) is 3.25. The SMILES string of the molecule is C/C=C(\C=N)c1cnc(N)c2nc(CC)c(NC3CCCC3)nc12. The Morgan fingerprint density at radius 1 is 1.33 bits per heavy atom. The van der Waals surface area contributed by atoms with E-state index in [1.807, 2.05) is 13.0 Å². The molecule has 0 bridgehead atoms. The second kappa shape index (κ2) is 6.95. The van der Waals surface area contributed by atoms with E-state index < -0.39 is 0 Å². The van der Waals surface area contributed by atoms with Crippen molar-refractivity contribution in [3.05, 3.63) is 23.5 Å². The highest BCUT2D eigenvalue weighted by atomic mass is 15.1. The van der Waals surface area contributed by atoms with E-state index in [0.717, 1.165) is 29.1 Å². The van der Waals surface area contributed by atoms with E-state index in [0.29, 0.717) is 22.9 Å². The molecular formula is C18H24N6. The molecule has 1 saturated carbocycles. The van der Waals surface area contributed by atoms with Gasteiger partial charge in [0.25, 0.3) is 0 Å². The van der Waals surface area contributed by atoms with Crippen molar-refractivity contribution in [2.24, 2.45) is 0 Å². The standard InChI is InChI=1S/C18H24N6/c1-3-11(9-19)13-10-21-17(20)16-15(13)24-18(14(4-2)23-16)22-12-7-5-6-8-12/h3,9-10,12,19H,4-8H2,1-2H3,(H2,20,21)(H,22,24)/b11-3+,19-9?. The largest absolute Gasteiger partial charge is 0.382 e. The summed E-state index contributed by atoms with van der Waals surface area (Å²) in [7, 11) is 0. The summed E-state index contributed by atoms with van der Waals surface area (Å²) in [4.78, 5) is 13.8. The van der Waals surface area contributed by atoms with Crippen molar-refractivity contribution >= 4 is 34.5 Å². The average molecular weight is 324 g/mol. The molecular weight excluding hydrogens is 300 g/mol. The van der Waals surface area contributed by atoms with Crippen LogP contribution in [0.5, 0.6) is 0 Å². The fraction of sp³-hybridized carbons (Fsp3) is 0.444. The van der Waals surface area contributed by atoms with Gasteiger partial charge >= 0.3 is 0 Å². The zero-order valence-corrected chi connectivity index (χ0v) is 14.3. The van der Waals surface area contributed by atoms with Gasteiger partial charge in [-0.05, 0) is 31.8 Å². The van der Waals surface area contributed by atoms with Gasteiger partial charge < -0.3 is 16.5 Å². The molecule has 2 heterocycles. The van der Waals surface area contributed by atoms with Crippen LogP contribution in [-0.4, -0.2) is 27.2 Å². The van der Waals surface area contributed by atoms with Gasteiger partial charge in [0.1, 0.15) is 16.9 Å². The molecule has 0 aromatic carbocycles. The molecule has 0 atom stereocenters. The number of aryl methyl sites for hydroxylation is 1. The lowest BCUT2D eigenvalue weighted by Crippen LogP contribution is -2.18. The Kier molecular flexibility index (Phi) is 4.74. The van der Waals surface area contributed by atoms with Crippen molar-refractivity contribution in [3.63, 3.8) is 0 Å². The zero-order valence-electron chi connectivity index (χ0n) is 14.3. The summed E-state index contributed by atoms with van der Waals surface area (Å²) >= 11 is 0. The molecule has 24 heavy (non-hydrogen) atoms. The zero-order chi connectivity index (χ0) is 17.1. The fourth-order valence-corrected chi connectivity index (χ4v) is 3.25. The molecule has 2 aromatic rings. The van der Waals surface area contributed by atoms with Crippen molar-refractivity contribution < 1.29 is 0 Å². The molecule has 1 fully saturated rings. The van der Waals surface area contributed by atoms with E-state index in [1.54, 1.807) is 6.20 Å². The Hall–Kier alpha value is -2.50. The van der Waals surface area contributed by atoms with Crippen molar-refractivity contribution in [2.75, 3.05) is 11.1 Å². The maximum Gasteiger partial charge on any atom is 0.151 e. The van der Waals surface area contributed by atoms with Crippen molar-refractivity contribution in [1.82, 2.24) is 15.0 Å². The Balaban J connectivity index is 2.17. The Labute approximate surface area is 142 Å². The van der Waals surface area contributed by atoms with Gasteiger partial charge in [-0.2, -0.15) is 0 Å². The van der Waals surface area contributed by atoms with E-state index in [2.05, 4.69) is 17.2 Å². The number of aromatic nitrogens is 3. The summed E-state index contributed by atoms with van der Waals surface area (Å²) in [6.45, 7) is 3.96. The van der Waals surface area contributed by atoms with E-state index in [1.165, 1.54) is 31.9 Å². The van der Waals surface area contributed by atoms with Crippen LogP contribution in [0, 0.1) is 5.41 Å². The first kappa shape index (κ1) is 16.4. The monoisotopic (exact) mass is 324 g/mol. The summed E-state index contributed by atoms with van der Waals surface area (Å²) in [5.74, 6) is 1.22. The van der Waals surface area contributed by atoms with Gasteiger partial charge in [0, 0.05) is 24.0 Å². The number of rotatable bonds is 5. The molecule has 3 rings (SSSR count). The van der Waals surface area contributed by atoms with Crippen LogP contribution in [0.3, 0.4) is 0 Å². The van der Waals surface area contributed by atoms with Crippen LogP contribution in [0.1, 0.15) is 50.8 Å². The van der Waals surface area contributed by atoms with Crippen LogP contribution in [0.15, 0.2) is 12.3 Å². The minimum absolute atomic E-state index is 0.379. The molecule has 0 saturated heterocycles. The third-order valence-corrected chi connectivity index (χ3v) is 4.61. The van der Waals surface area contributed by atoms with Crippen LogP contribution in [-0.2, 0) is 6.42 Å². The predicted molar refractivity (Wildman–Crippen MR) is 99.4 cm³/mol. The highest BCUT2D eigenvalue weighted by Gasteiger charge is 2.19. The van der Waals surface area contributed by atoms with E-state index >= 15 is 0 Å². The van der Waals surface area contributed by atoms with Gasteiger partial charge in [-0.25, -0.2) is 15.0 Å². The number of nitrogens with zero attached hydrogens (tertiary/aromatic N) is 3. The minimum atomic E-state index is 0.379. The first-order valence-corrected chi connectivity index (χ1v) is 8.56. The number of allylic oxidation sites excluding steroid dienone is 2. The van der Waals surface area contributed by atoms with Gasteiger partial charge in [-0.15, -0.1) is 0 Å². The lowest BCUT2D eigenvalue weighted by Gasteiger charge is -2.17. The molecule has 0 unspecified atom stereocenters. The lowest BCUT2D eigenvalue weighted by molar-refractivity contribution is 0.747. The molecule has 6 nitrogen and oxygen atoms in total. The van der Waals surface area contributed by atoms with Crippen LogP contribution in [0.25, 0.3) is 16.6 Å². The highest BCUT2D eigenvalue weighted by Crippen LogP contribution is 2.29. The summed E-state index contributed by atoms with van der Waals surface area (Å²) in [5.41, 5.74) is 9.82. The molecule has 1 aliphatic rings. The lowest BCUT2D eigenvalue weighted by atomic mass is 10.1. The van der Waals surface area contributed by atoms with E-state index in [-0.39, 0.29) is 0 Å². The number of hydrogen-bond acceptors (Lipinski definition) is 6. The molecule has 0 aliphatic heterocycles. The van der Waals surface area contributed by atoms with E-state index in [4.69, 9.17) is 21.1 Å². The molecule has 0 radical (unpaired) electrons. The van der Waals surface area contributed by atoms with Crippen molar-refractivity contribution in [1.29, 1.82) is 5.41 Å². The van der Waals surface area contributed by atoms with E-state index in [9.17, 15) is 0 Å². The van der Waals surface area contributed by atoms with Gasteiger partial charge in [0.05, 0.1) is 5.69 Å². The molecule has 4 N–H and O–H groups in total. The van der Waals surface area contributed by atoms with Crippen LogP contribution in [0.4, 0.5) is 11.6 Å². The van der Waals surface area contributed by atoms with Crippen LogP contribution >= 0.6 is 0 Å². The third-order valence-electron chi connectivity index (χ3n) is 4.61. The number of fused-ring (bicyclic) bond motifs is 1. The maximum atomic E-state index is 7.62. The normalized spacial score (nSPS) is 15.8. The third kappa shape index (κ3) is 2.96.